The molecule has 72 valence electrons. The molecule has 1 unspecified atom stereocenters. The van der Waals surface area contributed by atoms with Crippen LogP contribution in [0.2, 0.25) is 0 Å². The van der Waals surface area contributed by atoms with Crippen molar-refractivity contribution >= 4 is 13.4 Å². The fourth-order valence-corrected chi connectivity index (χ4v) is 0.985. The predicted molar refractivity (Wildman–Crippen MR) is 40.0 cm³/mol. The van der Waals surface area contributed by atoms with Gasteiger partial charge in [-0.25, -0.2) is 10.1 Å². The summed E-state index contributed by atoms with van der Waals surface area (Å²) in [4.78, 5) is 17.9. The summed E-state index contributed by atoms with van der Waals surface area (Å²) in [6.45, 7) is 0. The molecule has 0 fully saturated rings. The third kappa shape index (κ3) is 2.55. The van der Waals surface area contributed by atoms with Crippen molar-refractivity contribution in [3.05, 3.63) is 22.4 Å². The molecule has 1 heterocycles. The first kappa shape index (κ1) is 9.72. The topological polar surface area (TPSA) is 129 Å². The standard InChI is InChI=1S/C4H5N2O6P/c5-13(9,10)12-4-3(6(7)8)1-2-11-4/h1-2H,(H3,5,9,10). The molecular formula is C4H5N2O6P. The van der Waals surface area contributed by atoms with Crippen LogP contribution in [-0.2, 0) is 4.57 Å². The van der Waals surface area contributed by atoms with Gasteiger partial charge in [-0.1, -0.05) is 0 Å². The van der Waals surface area contributed by atoms with E-state index >= 15 is 0 Å². The Morgan fingerprint density at radius 2 is 2.38 bits per heavy atom. The van der Waals surface area contributed by atoms with Crippen LogP contribution in [0.15, 0.2) is 16.7 Å². The van der Waals surface area contributed by atoms with Gasteiger partial charge in [-0.2, -0.15) is 0 Å². The van der Waals surface area contributed by atoms with Gasteiger partial charge in [0, 0.05) is 0 Å². The number of rotatable bonds is 3. The molecule has 0 bridgehead atoms. The van der Waals surface area contributed by atoms with Crippen molar-refractivity contribution in [3.63, 3.8) is 0 Å². The third-order valence-electron chi connectivity index (χ3n) is 1.02. The average molecular weight is 208 g/mol. The van der Waals surface area contributed by atoms with E-state index in [0.717, 1.165) is 12.3 Å². The van der Waals surface area contributed by atoms with Crippen LogP contribution < -0.4 is 10.0 Å². The molecule has 0 spiro atoms. The van der Waals surface area contributed by atoms with Crippen molar-refractivity contribution in [2.45, 2.75) is 0 Å². The molecule has 0 saturated heterocycles. The Labute approximate surface area is 71.6 Å². The molecule has 0 amide bonds. The summed E-state index contributed by atoms with van der Waals surface area (Å²) in [6.07, 6.45) is 0.948. The van der Waals surface area contributed by atoms with Crippen LogP contribution >= 0.6 is 7.75 Å². The van der Waals surface area contributed by atoms with Crippen molar-refractivity contribution in [2.24, 2.45) is 5.50 Å². The molecule has 0 saturated carbocycles. The maximum Gasteiger partial charge on any atom is 0.455 e. The van der Waals surface area contributed by atoms with Gasteiger partial charge in [0.15, 0.2) is 0 Å². The molecule has 1 aromatic heterocycles. The fraction of sp³-hybridized carbons (Fsp3) is 0. The second kappa shape index (κ2) is 3.17. The Kier molecular flexibility index (Phi) is 2.37. The zero-order valence-corrected chi connectivity index (χ0v) is 7.01. The molecule has 1 rings (SSSR count). The minimum atomic E-state index is -4.32. The van der Waals surface area contributed by atoms with Gasteiger partial charge in [0.1, 0.15) is 6.26 Å². The van der Waals surface area contributed by atoms with Gasteiger partial charge in [0.05, 0.1) is 11.0 Å². The summed E-state index contributed by atoms with van der Waals surface area (Å²) in [7, 11) is -4.32. The highest BCUT2D eigenvalue weighted by molar-refractivity contribution is 7.50. The summed E-state index contributed by atoms with van der Waals surface area (Å²) in [5.41, 5.74) is 4.05. The number of nitrogens with two attached hydrogens (primary N) is 1. The maximum absolute atomic E-state index is 10.5. The highest BCUT2D eigenvalue weighted by Gasteiger charge is 2.25. The van der Waals surface area contributed by atoms with Gasteiger partial charge in [-0.15, -0.1) is 0 Å². The Bertz CT molecular complexity index is 366. The lowest BCUT2D eigenvalue weighted by Crippen LogP contribution is -2.01. The van der Waals surface area contributed by atoms with E-state index in [1.54, 1.807) is 0 Å². The van der Waals surface area contributed by atoms with Crippen LogP contribution in [0.25, 0.3) is 0 Å². The van der Waals surface area contributed by atoms with Crippen LogP contribution in [0.4, 0.5) is 5.69 Å². The van der Waals surface area contributed by atoms with Gasteiger partial charge in [-0.3, -0.25) is 10.1 Å². The van der Waals surface area contributed by atoms with Crippen molar-refractivity contribution in [2.75, 3.05) is 0 Å². The molecular weight excluding hydrogens is 203 g/mol. The smallest absolute Gasteiger partial charge is 0.429 e. The maximum atomic E-state index is 10.5. The quantitative estimate of drug-likeness (QED) is 0.423. The van der Waals surface area contributed by atoms with Crippen LogP contribution in [0.1, 0.15) is 0 Å². The molecule has 1 atom stereocenters. The lowest BCUT2D eigenvalue weighted by molar-refractivity contribution is -0.386. The highest BCUT2D eigenvalue weighted by Crippen LogP contribution is 2.39. The summed E-state index contributed by atoms with van der Waals surface area (Å²) in [5, 5.41) is 10.2. The van der Waals surface area contributed by atoms with Crippen LogP contribution in [0, 0.1) is 10.1 Å². The summed E-state index contributed by atoms with van der Waals surface area (Å²) in [6, 6.07) is 0.977. The molecule has 1 aromatic rings. The zero-order valence-electron chi connectivity index (χ0n) is 6.11. The number of hydrogen-bond donors (Lipinski definition) is 2. The van der Waals surface area contributed by atoms with Crippen molar-refractivity contribution in [1.29, 1.82) is 0 Å². The number of nitro groups is 1. The van der Waals surface area contributed by atoms with Gasteiger partial charge in [0.25, 0.3) is 0 Å². The Morgan fingerprint density at radius 1 is 1.77 bits per heavy atom. The van der Waals surface area contributed by atoms with Crippen molar-refractivity contribution < 1.29 is 23.3 Å². The lowest BCUT2D eigenvalue weighted by Gasteiger charge is -2.02. The first-order valence-corrected chi connectivity index (χ1v) is 4.57. The van der Waals surface area contributed by atoms with E-state index in [0.29, 0.717) is 0 Å². The van der Waals surface area contributed by atoms with E-state index in [9.17, 15) is 14.7 Å². The van der Waals surface area contributed by atoms with Gasteiger partial charge < -0.3 is 13.8 Å². The summed E-state index contributed by atoms with van der Waals surface area (Å²) < 4.78 is 19.0. The fourth-order valence-electron chi connectivity index (χ4n) is 0.611. The molecule has 13 heavy (non-hydrogen) atoms. The van der Waals surface area contributed by atoms with Crippen molar-refractivity contribution in [1.82, 2.24) is 0 Å². The van der Waals surface area contributed by atoms with Gasteiger partial charge in [0.2, 0.25) is 0 Å². The van der Waals surface area contributed by atoms with Crippen LogP contribution in [0.5, 0.6) is 5.95 Å². The Balaban J connectivity index is 2.96. The lowest BCUT2D eigenvalue weighted by atomic mass is 10.5. The first-order chi connectivity index (χ1) is 5.90. The Hall–Kier alpha value is -1.37. The van der Waals surface area contributed by atoms with Crippen LogP contribution in [0.3, 0.4) is 0 Å². The highest BCUT2D eigenvalue weighted by atomic mass is 31.2. The molecule has 8 nitrogen and oxygen atoms in total. The molecule has 3 N–H and O–H groups in total. The van der Waals surface area contributed by atoms with Gasteiger partial charge in [-0.05, 0) is 0 Å². The van der Waals surface area contributed by atoms with E-state index in [4.69, 9.17) is 4.89 Å². The van der Waals surface area contributed by atoms with E-state index in [2.05, 4.69) is 14.4 Å². The van der Waals surface area contributed by atoms with Crippen molar-refractivity contribution in [3.8, 4) is 5.95 Å². The van der Waals surface area contributed by atoms with E-state index in [1.165, 1.54) is 0 Å². The van der Waals surface area contributed by atoms with Gasteiger partial charge >= 0.3 is 19.4 Å². The minimum absolute atomic E-state index is 0.556. The largest absolute Gasteiger partial charge is 0.455 e. The molecule has 0 aliphatic heterocycles. The molecule has 0 radical (unpaired) electrons. The molecule has 0 aromatic carbocycles. The predicted octanol–water partition coefficient (Wildman–Crippen LogP) is 0.626. The SMILES string of the molecule is NP(=O)(O)Oc1occc1[N+](=O)[O-]. The number of hydrogen-bond acceptors (Lipinski definition) is 5. The van der Waals surface area contributed by atoms with E-state index < -0.39 is 24.3 Å². The second-order valence-electron chi connectivity index (χ2n) is 2.01. The number of furan rings is 1. The van der Waals surface area contributed by atoms with E-state index in [-0.39, 0.29) is 0 Å². The monoisotopic (exact) mass is 208 g/mol. The molecule has 0 aliphatic carbocycles. The van der Waals surface area contributed by atoms with E-state index in [1.807, 2.05) is 0 Å². The Morgan fingerprint density at radius 3 is 2.85 bits per heavy atom. The third-order valence-corrected chi connectivity index (χ3v) is 1.45. The summed E-state index contributed by atoms with van der Waals surface area (Å²) in [5.74, 6) is -0.682. The second-order valence-corrected chi connectivity index (χ2v) is 3.32. The molecule has 0 aliphatic rings. The first-order valence-electron chi connectivity index (χ1n) is 2.93. The number of nitrogens with zero attached hydrogens (tertiary/aromatic N) is 1. The average Bonchev–Trinajstić information content (AvgIpc) is 2.31. The molecule has 9 heteroatoms. The summed E-state index contributed by atoms with van der Waals surface area (Å²) >= 11 is 0. The minimum Gasteiger partial charge on any atom is -0.429 e. The van der Waals surface area contributed by atoms with Crippen LogP contribution in [-0.4, -0.2) is 9.82 Å². The zero-order chi connectivity index (χ0) is 10.1. The normalized spacial score (nSPS) is 14.9.